The van der Waals surface area contributed by atoms with Crippen LogP contribution in [0.1, 0.15) is 55.5 Å². The second-order valence-electron chi connectivity index (χ2n) is 5.04. The summed E-state index contributed by atoms with van der Waals surface area (Å²) in [6, 6.07) is 0.116. The van der Waals surface area contributed by atoms with Crippen LogP contribution in [-0.4, -0.2) is 16.6 Å². The molecule has 2 aliphatic rings. The first kappa shape index (κ1) is 10.3. The minimum Gasteiger partial charge on any atom is -0.370 e. The predicted octanol–water partition coefficient (Wildman–Crippen LogP) is 1.84. The summed E-state index contributed by atoms with van der Waals surface area (Å²) in [5, 5.41) is 0. The number of H-pyrrole nitrogens is 1. The summed E-state index contributed by atoms with van der Waals surface area (Å²) in [4.78, 5) is 8.08. The quantitative estimate of drug-likeness (QED) is 0.760. The lowest BCUT2D eigenvalue weighted by atomic mass is 9.97. The molecule has 2 heterocycles. The molecule has 3 N–H and O–H groups in total. The van der Waals surface area contributed by atoms with E-state index >= 15 is 0 Å². The van der Waals surface area contributed by atoms with E-state index in [9.17, 15) is 0 Å². The van der Waals surface area contributed by atoms with E-state index in [0.717, 1.165) is 43.8 Å². The fourth-order valence-electron chi connectivity index (χ4n) is 2.76. The van der Waals surface area contributed by atoms with Crippen LogP contribution in [0.5, 0.6) is 0 Å². The first-order valence-electron chi connectivity index (χ1n) is 6.21. The number of fused-ring (bicyclic) bond motifs is 1. The number of hydrogen-bond acceptors (Lipinski definition) is 3. The van der Waals surface area contributed by atoms with Crippen molar-refractivity contribution in [1.82, 2.24) is 9.97 Å². The van der Waals surface area contributed by atoms with Gasteiger partial charge in [0.25, 0.3) is 0 Å². The number of nitrogens with two attached hydrogens (primary N) is 1. The third-order valence-corrected chi connectivity index (χ3v) is 3.78. The van der Waals surface area contributed by atoms with Crippen molar-refractivity contribution in [2.45, 2.75) is 44.8 Å². The van der Waals surface area contributed by atoms with E-state index in [1.807, 2.05) is 0 Å². The van der Waals surface area contributed by atoms with Gasteiger partial charge in [-0.2, -0.15) is 0 Å². The first-order chi connectivity index (χ1) is 7.75. The third kappa shape index (κ3) is 1.57. The summed E-state index contributed by atoms with van der Waals surface area (Å²) in [6.07, 6.45) is 4.58. The van der Waals surface area contributed by atoms with Crippen LogP contribution in [-0.2, 0) is 11.2 Å². The van der Waals surface area contributed by atoms with Crippen LogP contribution >= 0.6 is 0 Å². The lowest BCUT2D eigenvalue weighted by molar-refractivity contribution is 0.0878. The van der Waals surface area contributed by atoms with E-state index in [1.165, 1.54) is 5.69 Å². The highest BCUT2D eigenvalue weighted by molar-refractivity contribution is 5.22. The SMILES string of the molecule is CC1CCOC1c1nc2c([nH]1)CCCC2N. The van der Waals surface area contributed by atoms with Crippen LogP contribution in [0.4, 0.5) is 0 Å². The topological polar surface area (TPSA) is 63.9 Å². The smallest absolute Gasteiger partial charge is 0.136 e. The number of aryl methyl sites for hydroxylation is 1. The van der Waals surface area contributed by atoms with Crippen molar-refractivity contribution in [3.63, 3.8) is 0 Å². The maximum Gasteiger partial charge on any atom is 0.136 e. The molecular formula is C12H19N3O. The van der Waals surface area contributed by atoms with Gasteiger partial charge in [0.05, 0.1) is 5.69 Å². The van der Waals surface area contributed by atoms with E-state index in [-0.39, 0.29) is 12.1 Å². The molecule has 3 rings (SSSR count). The molecule has 1 aromatic heterocycles. The van der Waals surface area contributed by atoms with Crippen molar-refractivity contribution in [1.29, 1.82) is 0 Å². The van der Waals surface area contributed by atoms with Gasteiger partial charge in [0, 0.05) is 18.3 Å². The average molecular weight is 221 g/mol. The van der Waals surface area contributed by atoms with E-state index in [1.54, 1.807) is 0 Å². The van der Waals surface area contributed by atoms with Crippen LogP contribution < -0.4 is 5.73 Å². The Kier molecular flexibility index (Phi) is 2.48. The maximum absolute atomic E-state index is 6.07. The predicted molar refractivity (Wildman–Crippen MR) is 60.9 cm³/mol. The monoisotopic (exact) mass is 221 g/mol. The van der Waals surface area contributed by atoms with Crippen molar-refractivity contribution in [2.75, 3.05) is 6.61 Å². The summed E-state index contributed by atoms with van der Waals surface area (Å²) in [5.74, 6) is 1.55. The van der Waals surface area contributed by atoms with E-state index in [2.05, 4.69) is 16.9 Å². The summed E-state index contributed by atoms with van der Waals surface area (Å²) in [6.45, 7) is 3.07. The molecular weight excluding hydrogens is 202 g/mol. The highest BCUT2D eigenvalue weighted by atomic mass is 16.5. The highest BCUT2D eigenvalue weighted by Gasteiger charge is 2.31. The van der Waals surface area contributed by atoms with Gasteiger partial charge in [0.15, 0.2) is 0 Å². The van der Waals surface area contributed by atoms with Crippen LogP contribution in [0.15, 0.2) is 0 Å². The zero-order chi connectivity index (χ0) is 11.1. The molecule has 0 saturated carbocycles. The van der Waals surface area contributed by atoms with Crippen molar-refractivity contribution < 1.29 is 4.74 Å². The molecule has 0 radical (unpaired) electrons. The molecule has 1 fully saturated rings. The summed E-state index contributed by atoms with van der Waals surface area (Å²) >= 11 is 0. The fraction of sp³-hybridized carbons (Fsp3) is 0.750. The van der Waals surface area contributed by atoms with Gasteiger partial charge >= 0.3 is 0 Å². The Morgan fingerprint density at radius 2 is 2.31 bits per heavy atom. The molecule has 16 heavy (non-hydrogen) atoms. The second-order valence-corrected chi connectivity index (χ2v) is 5.04. The number of hydrogen-bond donors (Lipinski definition) is 2. The van der Waals surface area contributed by atoms with Crippen molar-refractivity contribution in [2.24, 2.45) is 11.7 Å². The fourth-order valence-corrected chi connectivity index (χ4v) is 2.76. The van der Waals surface area contributed by atoms with Gasteiger partial charge in [0.2, 0.25) is 0 Å². The van der Waals surface area contributed by atoms with Crippen molar-refractivity contribution in [3.05, 3.63) is 17.2 Å². The molecule has 4 nitrogen and oxygen atoms in total. The second kappa shape index (κ2) is 3.86. The average Bonchev–Trinajstić information content (AvgIpc) is 2.84. The Balaban J connectivity index is 1.91. The highest BCUT2D eigenvalue weighted by Crippen LogP contribution is 2.35. The van der Waals surface area contributed by atoms with E-state index in [4.69, 9.17) is 10.5 Å². The Labute approximate surface area is 95.6 Å². The number of rotatable bonds is 1. The molecule has 1 saturated heterocycles. The van der Waals surface area contributed by atoms with Gasteiger partial charge in [-0.05, 0) is 31.6 Å². The van der Waals surface area contributed by atoms with Crippen LogP contribution in [0, 0.1) is 5.92 Å². The number of nitrogens with zero attached hydrogens (tertiary/aromatic N) is 1. The minimum absolute atomic E-state index is 0.116. The zero-order valence-electron chi connectivity index (χ0n) is 9.70. The van der Waals surface area contributed by atoms with Crippen LogP contribution in [0.2, 0.25) is 0 Å². The molecule has 1 aliphatic carbocycles. The molecule has 1 aromatic rings. The van der Waals surface area contributed by atoms with Gasteiger partial charge < -0.3 is 15.5 Å². The minimum atomic E-state index is 0.116. The summed E-state index contributed by atoms with van der Waals surface area (Å²) in [5.41, 5.74) is 8.38. The van der Waals surface area contributed by atoms with Crippen LogP contribution in [0.3, 0.4) is 0 Å². The Bertz CT molecular complexity index is 388. The lowest BCUT2D eigenvalue weighted by Gasteiger charge is -2.15. The number of nitrogens with one attached hydrogen (secondary N) is 1. The van der Waals surface area contributed by atoms with Crippen LogP contribution in [0.25, 0.3) is 0 Å². The molecule has 0 spiro atoms. The van der Waals surface area contributed by atoms with Gasteiger partial charge in [0.1, 0.15) is 11.9 Å². The van der Waals surface area contributed by atoms with E-state index in [0.29, 0.717) is 5.92 Å². The normalized spacial score (nSPS) is 34.0. The molecule has 0 bridgehead atoms. The maximum atomic E-state index is 6.07. The molecule has 88 valence electrons. The number of aromatic nitrogens is 2. The molecule has 4 heteroatoms. The Morgan fingerprint density at radius 3 is 3.00 bits per heavy atom. The van der Waals surface area contributed by atoms with Gasteiger partial charge in [-0.15, -0.1) is 0 Å². The summed E-state index contributed by atoms with van der Waals surface area (Å²) < 4.78 is 5.73. The van der Waals surface area contributed by atoms with E-state index < -0.39 is 0 Å². The number of imidazole rings is 1. The number of ether oxygens (including phenoxy) is 1. The zero-order valence-corrected chi connectivity index (χ0v) is 9.70. The first-order valence-corrected chi connectivity index (χ1v) is 6.21. The van der Waals surface area contributed by atoms with Gasteiger partial charge in [-0.1, -0.05) is 6.92 Å². The lowest BCUT2D eigenvalue weighted by Crippen LogP contribution is -2.17. The molecule has 1 aliphatic heterocycles. The molecule has 3 atom stereocenters. The van der Waals surface area contributed by atoms with Crippen molar-refractivity contribution >= 4 is 0 Å². The Hall–Kier alpha value is -0.870. The molecule has 3 unspecified atom stereocenters. The Morgan fingerprint density at radius 1 is 1.44 bits per heavy atom. The number of aromatic amines is 1. The molecule has 0 aromatic carbocycles. The van der Waals surface area contributed by atoms with Gasteiger partial charge in [-0.25, -0.2) is 4.98 Å². The van der Waals surface area contributed by atoms with Crippen molar-refractivity contribution in [3.8, 4) is 0 Å². The largest absolute Gasteiger partial charge is 0.370 e. The summed E-state index contributed by atoms with van der Waals surface area (Å²) in [7, 11) is 0. The third-order valence-electron chi connectivity index (χ3n) is 3.78. The standard InChI is InChI=1S/C12H19N3O/c1-7-5-6-16-11(7)12-14-9-4-2-3-8(13)10(9)15-12/h7-8,11H,2-6,13H2,1H3,(H,14,15). The van der Waals surface area contributed by atoms with Gasteiger partial charge in [-0.3, -0.25) is 0 Å². The molecule has 0 amide bonds.